The summed E-state index contributed by atoms with van der Waals surface area (Å²) in [7, 11) is -3.45. The number of hydrogen-bond acceptors (Lipinski definition) is 3. The molecule has 1 aliphatic heterocycles. The first-order chi connectivity index (χ1) is 7.48. The number of benzene rings is 1. The molecular formula is C11H14FNO2S. The molecule has 0 fully saturated rings. The van der Waals surface area contributed by atoms with Crippen LogP contribution in [0.1, 0.15) is 31.4 Å². The van der Waals surface area contributed by atoms with E-state index in [1.54, 1.807) is 0 Å². The van der Waals surface area contributed by atoms with Crippen molar-refractivity contribution >= 4 is 9.84 Å². The lowest BCUT2D eigenvalue weighted by atomic mass is 10.0. The summed E-state index contributed by atoms with van der Waals surface area (Å²) >= 11 is 0. The van der Waals surface area contributed by atoms with E-state index in [4.69, 9.17) is 5.73 Å². The minimum atomic E-state index is -3.45. The zero-order valence-corrected chi connectivity index (χ0v) is 9.80. The van der Waals surface area contributed by atoms with Gasteiger partial charge in [0.1, 0.15) is 5.82 Å². The Morgan fingerprint density at radius 3 is 2.75 bits per heavy atom. The van der Waals surface area contributed by atoms with Crippen molar-refractivity contribution < 1.29 is 12.8 Å². The van der Waals surface area contributed by atoms with Gasteiger partial charge < -0.3 is 5.73 Å². The van der Waals surface area contributed by atoms with Crippen LogP contribution in [-0.2, 0) is 9.84 Å². The highest BCUT2D eigenvalue weighted by Crippen LogP contribution is 2.39. The van der Waals surface area contributed by atoms with Gasteiger partial charge >= 0.3 is 0 Å². The fraction of sp³-hybridized carbons (Fsp3) is 0.455. The van der Waals surface area contributed by atoms with E-state index in [1.165, 1.54) is 12.1 Å². The van der Waals surface area contributed by atoms with Crippen LogP contribution < -0.4 is 5.73 Å². The van der Waals surface area contributed by atoms with E-state index in [2.05, 4.69) is 0 Å². The molecule has 2 N–H and O–H groups in total. The smallest absolute Gasteiger partial charge is 0.183 e. The molecule has 16 heavy (non-hydrogen) atoms. The van der Waals surface area contributed by atoms with Crippen molar-refractivity contribution in [1.29, 1.82) is 0 Å². The maximum Gasteiger partial charge on any atom is 0.183 e. The van der Waals surface area contributed by atoms with Crippen LogP contribution in [0, 0.1) is 5.82 Å². The lowest BCUT2D eigenvalue weighted by molar-refractivity contribution is 0.555. The molecule has 2 rings (SSSR count). The van der Waals surface area contributed by atoms with Crippen LogP contribution in [0.25, 0.3) is 0 Å². The molecular weight excluding hydrogens is 229 g/mol. The first-order valence-electron chi connectivity index (χ1n) is 5.27. The standard InChI is InChI=1S/C11H14FNO2S/c1-2-3-9-11(13)8-5-4-7(12)6-10(8)16(9,14)15/h4-6,9,11H,2-3,13H2,1H3. The predicted molar refractivity (Wildman–Crippen MR) is 59.2 cm³/mol. The van der Waals surface area contributed by atoms with Crippen LogP contribution in [0.5, 0.6) is 0 Å². The molecule has 0 radical (unpaired) electrons. The molecule has 0 aromatic heterocycles. The van der Waals surface area contributed by atoms with Gasteiger partial charge in [0, 0.05) is 6.04 Å². The van der Waals surface area contributed by atoms with Crippen LogP contribution >= 0.6 is 0 Å². The Bertz CT molecular complexity index is 513. The average Bonchev–Trinajstić information content (AvgIpc) is 2.40. The minimum absolute atomic E-state index is 0.0680. The number of hydrogen-bond donors (Lipinski definition) is 1. The maximum absolute atomic E-state index is 13.0. The maximum atomic E-state index is 13.0. The Balaban J connectivity index is 2.58. The van der Waals surface area contributed by atoms with Gasteiger partial charge in [0.2, 0.25) is 0 Å². The van der Waals surface area contributed by atoms with Gasteiger partial charge in [-0.25, -0.2) is 12.8 Å². The third-order valence-corrected chi connectivity index (χ3v) is 5.31. The summed E-state index contributed by atoms with van der Waals surface area (Å²) in [6.45, 7) is 1.91. The summed E-state index contributed by atoms with van der Waals surface area (Å²) in [4.78, 5) is 0.0680. The third-order valence-electron chi connectivity index (χ3n) is 3.01. The number of rotatable bonds is 2. The quantitative estimate of drug-likeness (QED) is 0.861. The summed E-state index contributed by atoms with van der Waals surface area (Å²) in [6, 6.07) is 3.27. The van der Waals surface area contributed by atoms with Crippen molar-refractivity contribution in [3.8, 4) is 0 Å². The predicted octanol–water partition coefficient (Wildman–Crippen LogP) is 1.78. The zero-order valence-electron chi connectivity index (χ0n) is 8.98. The molecule has 0 saturated carbocycles. The second kappa shape index (κ2) is 3.82. The van der Waals surface area contributed by atoms with Gasteiger partial charge in [0.25, 0.3) is 0 Å². The molecule has 1 aliphatic rings. The van der Waals surface area contributed by atoms with Crippen molar-refractivity contribution in [2.24, 2.45) is 5.73 Å². The summed E-state index contributed by atoms with van der Waals surface area (Å²) < 4.78 is 37.2. The van der Waals surface area contributed by atoms with E-state index in [0.29, 0.717) is 12.0 Å². The summed E-state index contributed by atoms with van der Waals surface area (Å²) in [6.07, 6.45) is 1.26. The Morgan fingerprint density at radius 1 is 1.44 bits per heavy atom. The van der Waals surface area contributed by atoms with Gasteiger partial charge in [0.15, 0.2) is 9.84 Å². The SMILES string of the molecule is CCCC1C(N)c2ccc(F)cc2S1(=O)=O. The first kappa shape index (κ1) is 11.5. The molecule has 0 saturated heterocycles. The molecule has 0 bridgehead atoms. The molecule has 2 atom stereocenters. The molecule has 1 heterocycles. The van der Waals surface area contributed by atoms with Crippen molar-refractivity contribution in [3.05, 3.63) is 29.6 Å². The number of sulfone groups is 1. The van der Waals surface area contributed by atoms with Gasteiger partial charge in [0.05, 0.1) is 10.1 Å². The topological polar surface area (TPSA) is 60.2 Å². The molecule has 0 aliphatic carbocycles. The van der Waals surface area contributed by atoms with E-state index < -0.39 is 26.9 Å². The van der Waals surface area contributed by atoms with Crippen molar-refractivity contribution in [1.82, 2.24) is 0 Å². The Labute approximate surface area is 94.4 Å². The molecule has 88 valence electrons. The van der Waals surface area contributed by atoms with Gasteiger partial charge in [-0.1, -0.05) is 19.4 Å². The van der Waals surface area contributed by atoms with Crippen LogP contribution in [-0.4, -0.2) is 13.7 Å². The average molecular weight is 243 g/mol. The highest BCUT2D eigenvalue weighted by Gasteiger charge is 2.42. The molecule has 5 heteroatoms. The zero-order chi connectivity index (χ0) is 11.9. The van der Waals surface area contributed by atoms with E-state index in [9.17, 15) is 12.8 Å². The molecule has 0 amide bonds. The van der Waals surface area contributed by atoms with Gasteiger partial charge in [-0.2, -0.15) is 0 Å². The van der Waals surface area contributed by atoms with Crippen LogP contribution in [0.3, 0.4) is 0 Å². The van der Waals surface area contributed by atoms with E-state index in [-0.39, 0.29) is 4.90 Å². The van der Waals surface area contributed by atoms with Crippen molar-refractivity contribution in [2.75, 3.05) is 0 Å². The number of fused-ring (bicyclic) bond motifs is 1. The third kappa shape index (κ3) is 1.55. The second-order valence-electron chi connectivity index (χ2n) is 4.08. The van der Waals surface area contributed by atoms with E-state index in [1.807, 2.05) is 6.92 Å². The molecule has 0 spiro atoms. The van der Waals surface area contributed by atoms with Crippen molar-refractivity contribution in [2.45, 2.75) is 36.0 Å². The first-order valence-corrected chi connectivity index (χ1v) is 6.82. The van der Waals surface area contributed by atoms with E-state index in [0.717, 1.165) is 12.5 Å². The Hall–Kier alpha value is -0.940. The lowest BCUT2D eigenvalue weighted by Crippen LogP contribution is -2.26. The normalized spacial score (nSPS) is 26.7. The Morgan fingerprint density at radius 2 is 2.12 bits per heavy atom. The highest BCUT2D eigenvalue weighted by molar-refractivity contribution is 7.92. The minimum Gasteiger partial charge on any atom is -0.323 e. The van der Waals surface area contributed by atoms with Crippen molar-refractivity contribution in [3.63, 3.8) is 0 Å². The van der Waals surface area contributed by atoms with Crippen LogP contribution in [0.15, 0.2) is 23.1 Å². The number of nitrogens with two attached hydrogens (primary N) is 1. The summed E-state index contributed by atoms with van der Waals surface area (Å²) in [5.41, 5.74) is 6.44. The molecule has 1 aromatic rings. The fourth-order valence-corrected chi connectivity index (χ4v) is 4.42. The molecule has 1 aromatic carbocycles. The second-order valence-corrected chi connectivity index (χ2v) is 6.22. The van der Waals surface area contributed by atoms with Gasteiger partial charge in [-0.05, 0) is 24.1 Å². The molecule has 3 nitrogen and oxygen atoms in total. The highest BCUT2D eigenvalue weighted by atomic mass is 32.2. The van der Waals surface area contributed by atoms with Gasteiger partial charge in [-0.15, -0.1) is 0 Å². The summed E-state index contributed by atoms with van der Waals surface area (Å²) in [5.74, 6) is -0.535. The Kier molecular flexibility index (Phi) is 2.75. The molecule has 2 unspecified atom stereocenters. The van der Waals surface area contributed by atoms with Crippen LogP contribution in [0.4, 0.5) is 4.39 Å². The van der Waals surface area contributed by atoms with E-state index >= 15 is 0 Å². The summed E-state index contributed by atoms with van der Waals surface area (Å²) in [5, 5.41) is -0.603. The fourth-order valence-electron chi connectivity index (χ4n) is 2.21. The van der Waals surface area contributed by atoms with Crippen LogP contribution in [0.2, 0.25) is 0 Å². The number of halogens is 1. The largest absolute Gasteiger partial charge is 0.323 e. The van der Waals surface area contributed by atoms with Gasteiger partial charge in [-0.3, -0.25) is 0 Å². The monoisotopic (exact) mass is 243 g/mol. The lowest BCUT2D eigenvalue weighted by Gasteiger charge is -2.13.